The van der Waals surface area contributed by atoms with Crippen LogP contribution in [-0.4, -0.2) is 73.6 Å². The van der Waals surface area contributed by atoms with Gasteiger partial charge in [0.2, 0.25) is 5.78 Å². The fraction of sp³-hybridized carbons (Fsp3) is 0.519. The number of anilines is 1. The number of aliphatic hydroxyl groups excluding tert-OH is 2. The van der Waals surface area contributed by atoms with Gasteiger partial charge in [0, 0.05) is 43.1 Å². The Hall–Kier alpha value is -3.37. The molecule has 3 atom stereocenters. The van der Waals surface area contributed by atoms with E-state index in [4.69, 9.17) is 5.73 Å². The average molecular weight is 512 g/mol. The fourth-order valence-electron chi connectivity index (χ4n) is 6.49. The van der Waals surface area contributed by atoms with Crippen molar-refractivity contribution in [1.29, 1.82) is 0 Å². The molecular formula is C27H33N3O7. The van der Waals surface area contributed by atoms with Crippen LogP contribution in [0.3, 0.4) is 0 Å². The molecule has 198 valence electrons. The van der Waals surface area contributed by atoms with E-state index in [0.717, 1.165) is 25.9 Å². The summed E-state index contributed by atoms with van der Waals surface area (Å²) in [5.41, 5.74) is 2.94. The zero-order valence-corrected chi connectivity index (χ0v) is 21.0. The third-order valence-electron chi connectivity index (χ3n) is 8.56. The van der Waals surface area contributed by atoms with Crippen molar-refractivity contribution in [2.75, 3.05) is 18.4 Å². The van der Waals surface area contributed by atoms with Gasteiger partial charge in [-0.1, -0.05) is 6.07 Å². The van der Waals surface area contributed by atoms with Crippen molar-refractivity contribution < 1.29 is 34.8 Å². The number of piperidine rings is 1. The number of hydrogen-bond acceptors (Lipinski definition) is 9. The second kappa shape index (κ2) is 8.88. The van der Waals surface area contributed by atoms with Gasteiger partial charge in [-0.3, -0.25) is 14.4 Å². The zero-order chi connectivity index (χ0) is 26.8. The summed E-state index contributed by atoms with van der Waals surface area (Å²) in [6.07, 6.45) is 1.88. The molecule has 3 aliphatic carbocycles. The van der Waals surface area contributed by atoms with Gasteiger partial charge in [0.1, 0.15) is 22.8 Å². The number of amides is 1. The van der Waals surface area contributed by atoms with Crippen LogP contribution in [-0.2, 0) is 20.8 Å². The van der Waals surface area contributed by atoms with E-state index in [1.807, 2.05) is 0 Å². The van der Waals surface area contributed by atoms with Crippen LogP contribution < -0.4 is 11.1 Å². The Morgan fingerprint density at radius 2 is 1.81 bits per heavy atom. The highest BCUT2D eigenvalue weighted by Gasteiger charge is 2.60. The molecule has 4 aliphatic rings. The summed E-state index contributed by atoms with van der Waals surface area (Å²) in [4.78, 5) is 40.2. The molecule has 1 saturated heterocycles. The Kier molecular flexibility index (Phi) is 6.07. The molecule has 7 N–H and O–H groups in total. The van der Waals surface area contributed by atoms with Gasteiger partial charge in [0.25, 0.3) is 5.91 Å². The van der Waals surface area contributed by atoms with Gasteiger partial charge in [-0.25, -0.2) is 0 Å². The van der Waals surface area contributed by atoms with E-state index < -0.39 is 52.0 Å². The number of aromatic hydroxyl groups is 1. The largest absolute Gasteiger partial charge is 0.508 e. The molecule has 5 rings (SSSR count). The highest BCUT2D eigenvalue weighted by Crippen LogP contribution is 2.52. The summed E-state index contributed by atoms with van der Waals surface area (Å²) in [6.45, 7) is 6.18. The standard InChI is InChI=1S/C27H33N3O7/c1-12(2)30-7-5-16(6-8-30)29-17-4-3-13-9-14-10-15-11-18(31)21(26(28)36)25(35)27(15,37)24(34)20(14)23(33)19(13)22(17)32/h3-4,12,14-16,29,32-33,35,37H,5-11H2,1-2H3,(H2,28,36)/t14?,15-,27-/m0/s1. The molecule has 1 aromatic carbocycles. The van der Waals surface area contributed by atoms with E-state index in [-0.39, 0.29) is 35.8 Å². The van der Waals surface area contributed by atoms with E-state index in [9.17, 15) is 34.8 Å². The van der Waals surface area contributed by atoms with Crippen LogP contribution in [0.2, 0.25) is 0 Å². The Morgan fingerprint density at radius 1 is 1.14 bits per heavy atom. The lowest BCUT2D eigenvalue weighted by molar-refractivity contribution is -0.147. The number of ketones is 2. The van der Waals surface area contributed by atoms with Crippen LogP contribution >= 0.6 is 0 Å². The SMILES string of the molecule is CC(C)N1CCC(Nc2ccc3c(c2O)C(O)=C2C(=O)[C@]4(O)C(O)=C(C(N)=O)C(=O)C[C@@H]4CC2C3)CC1. The third kappa shape index (κ3) is 3.81. The molecule has 10 heteroatoms. The molecule has 1 aromatic rings. The average Bonchev–Trinajstić information content (AvgIpc) is 2.83. The minimum absolute atomic E-state index is 0.108. The fourth-order valence-corrected chi connectivity index (χ4v) is 6.49. The lowest BCUT2D eigenvalue weighted by atomic mass is 9.59. The highest BCUT2D eigenvalue weighted by atomic mass is 16.3. The highest BCUT2D eigenvalue weighted by molar-refractivity contribution is 6.22. The number of rotatable bonds is 4. The molecule has 37 heavy (non-hydrogen) atoms. The number of carbonyl (C=O) groups excluding carboxylic acids is 3. The first kappa shape index (κ1) is 25.3. The number of hydrogen-bond donors (Lipinski definition) is 6. The van der Waals surface area contributed by atoms with Crippen LogP contribution in [0.4, 0.5) is 5.69 Å². The normalized spacial score (nSPS) is 28.8. The molecule has 1 amide bonds. The van der Waals surface area contributed by atoms with Crippen LogP contribution in [0.25, 0.3) is 5.76 Å². The summed E-state index contributed by atoms with van der Waals surface area (Å²) in [5, 5.41) is 47.7. The van der Waals surface area contributed by atoms with Crippen molar-refractivity contribution >= 4 is 28.9 Å². The van der Waals surface area contributed by atoms with Crippen LogP contribution in [0.15, 0.2) is 29.0 Å². The quantitative estimate of drug-likeness (QED) is 0.260. The van der Waals surface area contributed by atoms with E-state index in [0.29, 0.717) is 23.7 Å². The number of nitrogens with two attached hydrogens (primary N) is 1. The summed E-state index contributed by atoms with van der Waals surface area (Å²) in [5.74, 6) is -6.17. The van der Waals surface area contributed by atoms with E-state index in [2.05, 4.69) is 24.1 Å². The van der Waals surface area contributed by atoms with Gasteiger partial charge in [-0.15, -0.1) is 0 Å². The number of Topliss-reactive ketones (excluding diaryl/α,β-unsaturated/α-hetero) is 2. The van der Waals surface area contributed by atoms with Crippen molar-refractivity contribution in [3.05, 3.63) is 40.2 Å². The van der Waals surface area contributed by atoms with Crippen LogP contribution in [0.1, 0.15) is 50.7 Å². The monoisotopic (exact) mass is 511 g/mol. The summed E-state index contributed by atoms with van der Waals surface area (Å²) < 4.78 is 0. The second-order valence-electron chi connectivity index (χ2n) is 11.0. The van der Waals surface area contributed by atoms with Gasteiger partial charge < -0.3 is 36.4 Å². The minimum atomic E-state index is -2.55. The number of primary amides is 1. The number of nitrogens with zero attached hydrogens (tertiary/aromatic N) is 1. The van der Waals surface area contributed by atoms with Crippen LogP contribution in [0.5, 0.6) is 5.75 Å². The van der Waals surface area contributed by atoms with Gasteiger partial charge in [-0.2, -0.15) is 0 Å². The molecule has 1 aliphatic heterocycles. The summed E-state index contributed by atoms with van der Waals surface area (Å²) in [6, 6.07) is 4.16. The molecule has 1 heterocycles. The maximum Gasteiger partial charge on any atom is 0.255 e. The van der Waals surface area contributed by atoms with Crippen molar-refractivity contribution in [2.45, 2.75) is 63.6 Å². The summed E-state index contributed by atoms with van der Waals surface area (Å²) in [7, 11) is 0. The first-order chi connectivity index (χ1) is 17.4. The Balaban J connectivity index is 1.50. The molecule has 0 bridgehead atoms. The smallest absolute Gasteiger partial charge is 0.255 e. The predicted molar refractivity (Wildman–Crippen MR) is 135 cm³/mol. The van der Waals surface area contributed by atoms with Gasteiger partial charge >= 0.3 is 0 Å². The number of phenols is 1. The molecule has 0 radical (unpaired) electrons. The molecule has 10 nitrogen and oxygen atoms in total. The van der Waals surface area contributed by atoms with Crippen LogP contribution in [0, 0.1) is 11.8 Å². The molecule has 1 unspecified atom stereocenters. The number of nitrogens with one attached hydrogen (secondary N) is 1. The predicted octanol–water partition coefficient (Wildman–Crippen LogP) is 1.71. The maximum atomic E-state index is 13.6. The number of likely N-dealkylation sites (tertiary alicyclic amines) is 1. The number of aliphatic hydroxyl groups is 3. The Bertz CT molecular complexity index is 1260. The van der Waals surface area contributed by atoms with Crippen molar-refractivity contribution in [3.63, 3.8) is 0 Å². The van der Waals surface area contributed by atoms with Gasteiger partial charge in [0.05, 0.1) is 11.3 Å². The van der Waals surface area contributed by atoms with Crippen molar-refractivity contribution in [1.82, 2.24) is 4.90 Å². The van der Waals surface area contributed by atoms with Crippen molar-refractivity contribution in [3.8, 4) is 5.75 Å². The molecule has 1 saturated carbocycles. The van der Waals surface area contributed by atoms with E-state index in [1.54, 1.807) is 12.1 Å². The van der Waals surface area contributed by atoms with E-state index >= 15 is 0 Å². The maximum absolute atomic E-state index is 13.6. The Morgan fingerprint density at radius 3 is 2.43 bits per heavy atom. The number of phenolic OH excluding ortho intramolecular Hbond substituents is 1. The zero-order valence-electron chi connectivity index (χ0n) is 21.0. The molecule has 0 spiro atoms. The Labute approximate surface area is 214 Å². The lowest BCUT2D eigenvalue weighted by Gasteiger charge is -2.46. The van der Waals surface area contributed by atoms with Crippen molar-refractivity contribution in [2.24, 2.45) is 17.6 Å². The van der Waals surface area contributed by atoms with E-state index in [1.165, 1.54) is 0 Å². The summed E-state index contributed by atoms with van der Waals surface area (Å²) >= 11 is 0. The number of benzene rings is 1. The second-order valence-corrected chi connectivity index (χ2v) is 11.0. The molecule has 2 fully saturated rings. The van der Waals surface area contributed by atoms with Gasteiger partial charge in [0.15, 0.2) is 11.4 Å². The third-order valence-corrected chi connectivity index (χ3v) is 8.56. The molecule has 0 aromatic heterocycles. The number of fused-ring (bicyclic) bond motifs is 3. The minimum Gasteiger partial charge on any atom is -0.508 e. The lowest BCUT2D eigenvalue weighted by Crippen LogP contribution is -2.58. The first-order valence-corrected chi connectivity index (χ1v) is 12.8. The van der Waals surface area contributed by atoms with Gasteiger partial charge in [-0.05, 0) is 57.1 Å². The topological polar surface area (TPSA) is 173 Å². The number of carbonyl (C=O) groups is 3. The first-order valence-electron chi connectivity index (χ1n) is 12.8. The molecular weight excluding hydrogens is 478 g/mol.